The average molecular weight is 256 g/mol. The number of likely N-dealkylation sites (tertiary alicyclic amines) is 1. The minimum atomic E-state index is 0.734. The van der Waals surface area contributed by atoms with Crippen LogP contribution in [-0.2, 0) is 4.74 Å². The Balaban J connectivity index is 2.01. The van der Waals surface area contributed by atoms with Crippen LogP contribution >= 0.6 is 0 Å². The maximum absolute atomic E-state index is 5.50. The topological polar surface area (TPSA) is 24.5 Å². The van der Waals surface area contributed by atoms with Crippen molar-refractivity contribution in [3.05, 3.63) is 0 Å². The monoisotopic (exact) mass is 256 g/mol. The van der Waals surface area contributed by atoms with Gasteiger partial charge in [-0.15, -0.1) is 0 Å². The summed E-state index contributed by atoms with van der Waals surface area (Å²) in [6.07, 6.45) is 7.57. The lowest BCUT2D eigenvalue weighted by atomic mass is 10.1. The molecular weight excluding hydrogens is 224 g/mol. The van der Waals surface area contributed by atoms with Crippen LogP contribution < -0.4 is 5.32 Å². The van der Waals surface area contributed by atoms with Crippen molar-refractivity contribution in [3.8, 4) is 0 Å². The van der Waals surface area contributed by atoms with Gasteiger partial charge in [0.25, 0.3) is 0 Å². The number of hydrogen-bond acceptors (Lipinski definition) is 3. The van der Waals surface area contributed by atoms with E-state index in [2.05, 4.69) is 24.1 Å². The van der Waals surface area contributed by atoms with Gasteiger partial charge in [-0.05, 0) is 64.7 Å². The van der Waals surface area contributed by atoms with Crippen LogP contribution in [0.15, 0.2) is 0 Å². The molecule has 0 aromatic rings. The Morgan fingerprint density at radius 2 is 2.00 bits per heavy atom. The van der Waals surface area contributed by atoms with Gasteiger partial charge >= 0.3 is 0 Å². The van der Waals surface area contributed by atoms with Crippen LogP contribution in [0.2, 0.25) is 0 Å². The molecule has 0 radical (unpaired) electrons. The third-order valence-corrected chi connectivity index (χ3v) is 3.61. The maximum Gasteiger partial charge on any atom is 0.0478 e. The van der Waals surface area contributed by atoms with Crippen molar-refractivity contribution in [3.63, 3.8) is 0 Å². The van der Waals surface area contributed by atoms with Gasteiger partial charge in [-0.2, -0.15) is 0 Å². The van der Waals surface area contributed by atoms with Crippen LogP contribution in [0.25, 0.3) is 0 Å². The third-order valence-electron chi connectivity index (χ3n) is 3.61. The summed E-state index contributed by atoms with van der Waals surface area (Å²) in [4.78, 5) is 2.62. The molecule has 1 fully saturated rings. The fourth-order valence-electron chi connectivity index (χ4n) is 2.63. The molecule has 3 nitrogen and oxygen atoms in total. The van der Waals surface area contributed by atoms with Gasteiger partial charge in [0.05, 0.1) is 0 Å². The molecule has 0 saturated carbocycles. The van der Waals surface area contributed by atoms with Gasteiger partial charge in [0.2, 0.25) is 0 Å². The molecule has 3 heteroatoms. The molecule has 1 saturated heterocycles. The smallest absolute Gasteiger partial charge is 0.0478 e. The summed E-state index contributed by atoms with van der Waals surface area (Å²) in [5, 5.41) is 3.69. The molecule has 1 rings (SSSR count). The third kappa shape index (κ3) is 7.34. The Hall–Kier alpha value is -0.120. The molecule has 108 valence electrons. The summed E-state index contributed by atoms with van der Waals surface area (Å²) in [5.41, 5.74) is 0. The van der Waals surface area contributed by atoms with Crippen molar-refractivity contribution >= 4 is 0 Å². The van der Waals surface area contributed by atoms with Crippen molar-refractivity contribution in [1.82, 2.24) is 10.2 Å². The van der Waals surface area contributed by atoms with Crippen LogP contribution in [0.3, 0.4) is 0 Å². The normalized spacial score (nSPS) is 22.0. The first-order valence-corrected chi connectivity index (χ1v) is 7.90. The highest BCUT2D eigenvalue weighted by molar-refractivity contribution is 4.74. The minimum absolute atomic E-state index is 0.734. The van der Waals surface area contributed by atoms with Crippen molar-refractivity contribution < 1.29 is 4.74 Å². The highest BCUT2D eigenvalue weighted by Crippen LogP contribution is 2.11. The lowest BCUT2D eigenvalue weighted by molar-refractivity contribution is 0.131. The maximum atomic E-state index is 5.50. The van der Waals surface area contributed by atoms with Crippen LogP contribution in [0.5, 0.6) is 0 Å². The van der Waals surface area contributed by atoms with Crippen LogP contribution in [0.4, 0.5) is 0 Å². The summed E-state index contributed by atoms with van der Waals surface area (Å²) < 4.78 is 5.50. The van der Waals surface area contributed by atoms with E-state index in [1.807, 2.05) is 0 Å². The van der Waals surface area contributed by atoms with Crippen molar-refractivity contribution in [2.24, 2.45) is 0 Å². The number of nitrogens with one attached hydrogen (secondary N) is 1. The minimum Gasteiger partial charge on any atom is -0.381 e. The van der Waals surface area contributed by atoms with Gasteiger partial charge < -0.3 is 15.0 Å². The van der Waals surface area contributed by atoms with E-state index in [-0.39, 0.29) is 0 Å². The molecule has 1 N–H and O–H groups in total. The number of ether oxygens (including phenoxy) is 1. The highest BCUT2D eigenvalue weighted by Gasteiger charge is 2.15. The van der Waals surface area contributed by atoms with E-state index in [1.54, 1.807) is 0 Å². The summed E-state index contributed by atoms with van der Waals surface area (Å²) >= 11 is 0. The first-order chi connectivity index (χ1) is 8.86. The van der Waals surface area contributed by atoms with Crippen LogP contribution in [-0.4, -0.2) is 50.3 Å². The van der Waals surface area contributed by atoms with Crippen LogP contribution in [0.1, 0.15) is 52.4 Å². The summed E-state index contributed by atoms with van der Waals surface area (Å²) in [6.45, 7) is 11.2. The lowest BCUT2D eigenvalue weighted by Gasteiger charge is -2.19. The van der Waals surface area contributed by atoms with Crippen molar-refractivity contribution in [2.45, 2.75) is 58.4 Å². The SMILES string of the molecule is CCCOCCCNC1CCCN(CCC)CC1. The standard InChI is InChI=1S/C15H32N2O/c1-3-10-17-11-5-7-15(8-12-17)16-9-6-14-18-13-4-2/h15-16H,3-14H2,1-2H3. The van der Waals surface area contributed by atoms with Gasteiger partial charge in [0.1, 0.15) is 0 Å². The van der Waals surface area contributed by atoms with Gasteiger partial charge in [-0.3, -0.25) is 0 Å². The zero-order valence-corrected chi connectivity index (χ0v) is 12.4. The predicted molar refractivity (Wildman–Crippen MR) is 78.1 cm³/mol. The van der Waals surface area contributed by atoms with Gasteiger partial charge in [0.15, 0.2) is 0 Å². The Labute approximate surface area is 113 Å². The molecule has 18 heavy (non-hydrogen) atoms. The molecule has 0 amide bonds. The van der Waals surface area contributed by atoms with Gasteiger partial charge in [-0.25, -0.2) is 0 Å². The van der Waals surface area contributed by atoms with Crippen molar-refractivity contribution in [1.29, 1.82) is 0 Å². The second kappa shape index (κ2) is 10.8. The van der Waals surface area contributed by atoms with Crippen molar-refractivity contribution in [2.75, 3.05) is 39.4 Å². The fraction of sp³-hybridized carbons (Fsp3) is 1.00. The highest BCUT2D eigenvalue weighted by atomic mass is 16.5. The molecule has 0 aliphatic carbocycles. The summed E-state index contributed by atoms with van der Waals surface area (Å²) in [6, 6.07) is 0.734. The first-order valence-electron chi connectivity index (χ1n) is 7.90. The number of hydrogen-bond donors (Lipinski definition) is 1. The molecular formula is C15H32N2O. The second-order valence-corrected chi connectivity index (χ2v) is 5.39. The summed E-state index contributed by atoms with van der Waals surface area (Å²) in [5.74, 6) is 0. The molecule has 0 spiro atoms. The van der Waals surface area contributed by atoms with E-state index in [9.17, 15) is 0 Å². The quantitative estimate of drug-likeness (QED) is 0.642. The van der Waals surface area contributed by atoms with E-state index in [0.29, 0.717) is 0 Å². The second-order valence-electron chi connectivity index (χ2n) is 5.39. The lowest BCUT2D eigenvalue weighted by Crippen LogP contribution is -2.32. The van der Waals surface area contributed by atoms with E-state index in [4.69, 9.17) is 4.74 Å². The number of nitrogens with zero attached hydrogens (tertiary/aromatic N) is 1. The molecule has 1 atom stereocenters. The number of rotatable bonds is 9. The van der Waals surface area contributed by atoms with Gasteiger partial charge in [-0.1, -0.05) is 13.8 Å². The average Bonchev–Trinajstić information content (AvgIpc) is 2.60. The molecule has 0 aromatic carbocycles. The van der Waals surface area contributed by atoms with Gasteiger partial charge in [0, 0.05) is 19.3 Å². The predicted octanol–water partition coefficient (Wildman–Crippen LogP) is 2.66. The van der Waals surface area contributed by atoms with E-state index >= 15 is 0 Å². The first kappa shape index (κ1) is 15.9. The molecule has 1 heterocycles. The molecule has 0 bridgehead atoms. The Morgan fingerprint density at radius 3 is 2.78 bits per heavy atom. The molecule has 0 aromatic heterocycles. The molecule has 1 aliphatic heterocycles. The Morgan fingerprint density at radius 1 is 1.11 bits per heavy atom. The van der Waals surface area contributed by atoms with Crippen LogP contribution in [0, 0.1) is 0 Å². The molecule has 1 aliphatic rings. The van der Waals surface area contributed by atoms with E-state index in [0.717, 1.165) is 38.6 Å². The largest absolute Gasteiger partial charge is 0.381 e. The zero-order chi connectivity index (χ0) is 13.1. The Bertz CT molecular complexity index is 187. The Kier molecular flexibility index (Phi) is 9.54. The zero-order valence-electron chi connectivity index (χ0n) is 12.4. The molecule has 1 unspecified atom stereocenters. The fourth-order valence-corrected chi connectivity index (χ4v) is 2.63. The summed E-state index contributed by atoms with van der Waals surface area (Å²) in [7, 11) is 0. The van der Waals surface area contributed by atoms with E-state index in [1.165, 1.54) is 45.3 Å². The van der Waals surface area contributed by atoms with E-state index < -0.39 is 0 Å².